The van der Waals surface area contributed by atoms with E-state index in [9.17, 15) is 22.4 Å². The molecular formula is C29H23Cl2F4N3O2. The predicted octanol–water partition coefficient (Wildman–Crippen LogP) is 7.91. The Morgan fingerprint density at radius 2 is 1.77 bits per heavy atom. The number of nitrogens with two attached hydrogens (primary N) is 1. The van der Waals surface area contributed by atoms with E-state index in [0.717, 1.165) is 18.2 Å². The molecule has 1 unspecified atom stereocenters. The first-order valence-electron chi connectivity index (χ1n) is 12.0. The molecule has 208 valence electrons. The first-order chi connectivity index (χ1) is 18.9. The molecule has 5 nitrogen and oxygen atoms in total. The number of nitrogens with one attached hydrogen (secondary N) is 1. The summed E-state index contributed by atoms with van der Waals surface area (Å²) in [4.78, 5) is 16.7. The van der Waals surface area contributed by atoms with Crippen molar-refractivity contribution >= 4 is 34.9 Å². The van der Waals surface area contributed by atoms with Crippen molar-refractivity contribution in [3.63, 3.8) is 0 Å². The zero-order chi connectivity index (χ0) is 29.0. The maximum absolute atomic E-state index is 14.0. The van der Waals surface area contributed by atoms with Gasteiger partial charge in [0.05, 0.1) is 10.6 Å². The molecule has 3 aromatic carbocycles. The molecule has 4 aromatic rings. The predicted molar refractivity (Wildman–Crippen MR) is 147 cm³/mol. The Kier molecular flexibility index (Phi) is 8.85. The van der Waals surface area contributed by atoms with Crippen molar-refractivity contribution < 1.29 is 27.1 Å². The molecule has 40 heavy (non-hydrogen) atoms. The number of halogens is 6. The van der Waals surface area contributed by atoms with Gasteiger partial charge < -0.3 is 15.8 Å². The van der Waals surface area contributed by atoms with Gasteiger partial charge in [0.2, 0.25) is 0 Å². The smallest absolute Gasteiger partial charge is 0.416 e. The van der Waals surface area contributed by atoms with Gasteiger partial charge in [0.15, 0.2) is 11.6 Å². The number of amides is 1. The third kappa shape index (κ3) is 6.84. The number of ether oxygens (including phenoxy) is 1. The number of rotatable bonds is 8. The van der Waals surface area contributed by atoms with Crippen LogP contribution in [0.15, 0.2) is 72.9 Å². The lowest BCUT2D eigenvalue weighted by Gasteiger charge is -2.19. The van der Waals surface area contributed by atoms with Crippen molar-refractivity contribution in [2.75, 3.05) is 12.3 Å². The fourth-order valence-corrected chi connectivity index (χ4v) is 4.69. The van der Waals surface area contributed by atoms with Crippen molar-refractivity contribution in [1.82, 2.24) is 10.3 Å². The zero-order valence-electron chi connectivity index (χ0n) is 21.0. The van der Waals surface area contributed by atoms with Crippen LogP contribution < -0.4 is 15.8 Å². The van der Waals surface area contributed by atoms with E-state index in [1.54, 1.807) is 49.5 Å². The summed E-state index contributed by atoms with van der Waals surface area (Å²) in [6, 6.07) is 15.9. The lowest BCUT2D eigenvalue weighted by molar-refractivity contribution is -0.137. The van der Waals surface area contributed by atoms with Crippen LogP contribution in [-0.4, -0.2) is 17.4 Å². The van der Waals surface area contributed by atoms with Gasteiger partial charge >= 0.3 is 6.18 Å². The number of nitrogen functional groups attached to an aromatic ring is 1. The highest BCUT2D eigenvalue weighted by Crippen LogP contribution is 2.37. The van der Waals surface area contributed by atoms with Crippen LogP contribution in [0, 0.1) is 5.82 Å². The van der Waals surface area contributed by atoms with E-state index in [0.29, 0.717) is 22.3 Å². The highest BCUT2D eigenvalue weighted by molar-refractivity contribution is 6.36. The van der Waals surface area contributed by atoms with Gasteiger partial charge in [-0.3, -0.25) is 4.79 Å². The molecule has 0 fully saturated rings. The highest BCUT2D eigenvalue weighted by Gasteiger charge is 2.30. The molecule has 0 spiro atoms. The van der Waals surface area contributed by atoms with Crippen LogP contribution in [0.25, 0.3) is 11.1 Å². The Labute approximate surface area is 237 Å². The Bertz CT molecular complexity index is 1530. The summed E-state index contributed by atoms with van der Waals surface area (Å²) in [6.07, 6.45) is -3.37. The summed E-state index contributed by atoms with van der Waals surface area (Å²) in [5.74, 6) is -0.652. The Morgan fingerprint density at radius 3 is 2.48 bits per heavy atom. The summed E-state index contributed by atoms with van der Waals surface area (Å²) in [7, 11) is 0. The number of carbonyl (C=O) groups excluding carboxylic acids is 1. The van der Waals surface area contributed by atoms with Gasteiger partial charge in [0, 0.05) is 34.5 Å². The average Bonchev–Trinajstić information content (AvgIpc) is 2.92. The molecule has 1 heterocycles. The summed E-state index contributed by atoms with van der Waals surface area (Å²) in [5, 5.41) is 2.81. The van der Waals surface area contributed by atoms with Crippen molar-refractivity contribution in [2.45, 2.75) is 25.6 Å². The van der Waals surface area contributed by atoms with Gasteiger partial charge in [0.25, 0.3) is 5.91 Å². The number of benzene rings is 3. The second-order valence-electron chi connectivity index (χ2n) is 8.91. The van der Waals surface area contributed by atoms with Crippen LogP contribution in [0.5, 0.6) is 5.75 Å². The molecule has 0 aliphatic heterocycles. The quantitative estimate of drug-likeness (QED) is 0.161. The number of hydrogen-bond donors (Lipinski definition) is 2. The fraction of sp³-hybridized carbons (Fsp3) is 0.172. The van der Waals surface area contributed by atoms with E-state index in [1.165, 1.54) is 12.1 Å². The zero-order valence-corrected chi connectivity index (χ0v) is 22.5. The molecule has 11 heteroatoms. The number of anilines is 1. The minimum atomic E-state index is -4.42. The number of nitrogens with zero attached hydrogens (tertiary/aromatic N) is 1. The number of carbonyl (C=O) groups is 1. The van der Waals surface area contributed by atoms with Crippen molar-refractivity contribution in [2.24, 2.45) is 0 Å². The third-order valence-corrected chi connectivity index (χ3v) is 6.82. The summed E-state index contributed by atoms with van der Waals surface area (Å²) in [5.41, 5.74) is 7.74. The Morgan fingerprint density at radius 1 is 1.05 bits per heavy atom. The van der Waals surface area contributed by atoms with Crippen LogP contribution in [-0.2, 0) is 12.6 Å². The lowest BCUT2D eigenvalue weighted by Crippen LogP contribution is -2.25. The van der Waals surface area contributed by atoms with E-state index in [2.05, 4.69) is 10.3 Å². The first-order valence-corrected chi connectivity index (χ1v) is 12.8. The number of alkyl halides is 3. The molecule has 0 radical (unpaired) electrons. The fourth-order valence-electron chi connectivity index (χ4n) is 4.01. The SMILES string of the molecule is CC(Oc1cc(-c2ccc(C(=O)NCCc3cccc(C(F)(F)F)c3)cc2)cnc1N)c1c(Cl)ccc(F)c1Cl. The number of hydrogen-bond acceptors (Lipinski definition) is 4. The van der Waals surface area contributed by atoms with Gasteiger partial charge in [-0.15, -0.1) is 0 Å². The van der Waals surface area contributed by atoms with Crippen LogP contribution in [0.1, 0.15) is 40.1 Å². The molecule has 0 aliphatic rings. The van der Waals surface area contributed by atoms with Crippen molar-refractivity contribution in [3.8, 4) is 16.9 Å². The Hall–Kier alpha value is -3.82. The van der Waals surface area contributed by atoms with Crippen LogP contribution in [0.3, 0.4) is 0 Å². The number of aromatic nitrogens is 1. The maximum Gasteiger partial charge on any atom is 0.416 e. The van der Waals surface area contributed by atoms with E-state index in [-0.39, 0.29) is 46.0 Å². The average molecular weight is 592 g/mol. The molecule has 0 aliphatic carbocycles. The van der Waals surface area contributed by atoms with Gasteiger partial charge in [-0.1, -0.05) is 53.5 Å². The minimum absolute atomic E-state index is 0.107. The molecule has 3 N–H and O–H groups in total. The maximum atomic E-state index is 14.0. The molecule has 0 saturated carbocycles. The van der Waals surface area contributed by atoms with Gasteiger partial charge in [-0.25, -0.2) is 9.37 Å². The molecule has 0 bridgehead atoms. The summed E-state index contributed by atoms with van der Waals surface area (Å²) in [6.45, 7) is 1.82. The first kappa shape index (κ1) is 29.2. The molecular weight excluding hydrogens is 569 g/mol. The van der Waals surface area contributed by atoms with E-state index < -0.39 is 23.7 Å². The second kappa shape index (κ2) is 12.1. The van der Waals surface area contributed by atoms with Crippen LogP contribution in [0.4, 0.5) is 23.4 Å². The molecule has 1 atom stereocenters. The topological polar surface area (TPSA) is 77.2 Å². The lowest BCUT2D eigenvalue weighted by atomic mass is 10.0. The van der Waals surface area contributed by atoms with E-state index in [4.69, 9.17) is 33.7 Å². The van der Waals surface area contributed by atoms with Crippen LogP contribution in [0.2, 0.25) is 10.0 Å². The Balaban J connectivity index is 1.41. The van der Waals surface area contributed by atoms with Gasteiger partial charge in [-0.2, -0.15) is 13.2 Å². The molecule has 4 rings (SSSR count). The summed E-state index contributed by atoms with van der Waals surface area (Å²) >= 11 is 12.3. The second-order valence-corrected chi connectivity index (χ2v) is 9.69. The van der Waals surface area contributed by atoms with Gasteiger partial charge in [-0.05, 0) is 60.9 Å². The largest absolute Gasteiger partial charge is 0.482 e. The number of pyridine rings is 1. The van der Waals surface area contributed by atoms with Crippen LogP contribution >= 0.6 is 23.2 Å². The standard InChI is InChI=1S/C29H23Cl2F4N3O2/c1-16(25-22(30)9-10-23(32)26(25)31)40-24-14-20(15-38-27(24)36)18-5-7-19(8-6-18)28(39)37-12-11-17-3-2-4-21(13-17)29(33,34)35/h2-10,13-16H,11-12H2,1H3,(H2,36,38)(H,37,39). The minimum Gasteiger partial charge on any atom is -0.482 e. The normalized spacial score (nSPS) is 12.2. The molecule has 1 aromatic heterocycles. The molecule has 1 amide bonds. The molecule has 0 saturated heterocycles. The van der Waals surface area contributed by atoms with Crippen molar-refractivity contribution in [3.05, 3.63) is 111 Å². The van der Waals surface area contributed by atoms with Gasteiger partial charge in [0.1, 0.15) is 11.9 Å². The van der Waals surface area contributed by atoms with E-state index in [1.807, 2.05) is 0 Å². The monoisotopic (exact) mass is 591 g/mol. The third-order valence-electron chi connectivity index (χ3n) is 6.11. The highest BCUT2D eigenvalue weighted by atomic mass is 35.5. The van der Waals surface area contributed by atoms with Crippen molar-refractivity contribution in [1.29, 1.82) is 0 Å². The summed E-state index contributed by atoms with van der Waals surface area (Å²) < 4.78 is 58.6. The van der Waals surface area contributed by atoms with E-state index >= 15 is 0 Å².